The second-order valence-electron chi connectivity index (χ2n) is 3.12. The number of benzene rings is 1. The first-order valence-electron chi connectivity index (χ1n) is 4.71. The molecule has 15 heavy (non-hydrogen) atoms. The van der Waals surface area contributed by atoms with E-state index in [-0.39, 0.29) is 0 Å². The third-order valence-electron chi connectivity index (χ3n) is 2.10. The molecule has 0 amide bonds. The van der Waals surface area contributed by atoms with Crippen LogP contribution < -0.4 is 0 Å². The molecule has 76 valence electrons. The van der Waals surface area contributed by atoms with Gasteiger partial charge in [-0.25, -0.2) is 4.98 Å². The summed E-state index contributed by atoms with van der Waals surface area (Å²) in [6, 6.07) is 8.34. The molecule has 1 heterocycles. The molecule has 0 atom stereocenters. The first kappa shape index (κ1) is 10.2. The molecule has 0 unspecified atom stereocenters. The van der Waals surface area contributed by atoms with Crippen LogP contribution in [0.5, 0.6) is 0 Å². The van der Waals surface area contributed by atoms with E-state index in [0.29, 0.717) is 0 Å². The monoisotopic (exact) mass is 262 g/mol. The molecule has 0 fully saturated rings. The van der Waals surface area contributed by atoms with Gasteiger partial charge in [0.1, 0.15) is 0 Å². The predicted octanol–water partition coefficient (Wildman–Crippen LogP) is 3.28. The minimum absolute atomic E-state index is 0.885. The Bertz CT molecular complexity index is 429. The Morgan fingerprint density at radius 2 is 2.07 bits per heavy atom. The second-order valence-corrected chi connectivity index (χ2v) is 3.77. The Balaban J connectivity index is 2.21. The van der Waals surface area contributed by atoms with Crippen molar-refractivity contribution < 1.29 is 0 Å². The van der Waals surface area contributed by atoms with Gasteiger partial charge < -0.3 is 4.57 Å². The molecule has 1 aromatic heterocycles. The Kier molecular flexibility index (Phi) is 3.35. The van der Waals surface area contributed by atoms with Crippen LogP contribution in [0.2, 0.25) is 0 Å². The quantitative estimate of drug-likeness (QED) is 0.777. The van der Waals surface area contributed by atoms with Crippen LogP contribution in [0.4, 0.5) is 0 Å². The first-order valence-corrected chi connectivity index (χ1v) is 5.83. The van der Waals surface area contributed by atoms with Gasteiger partial charge in [-0.1, -0.05) is 40.2 Å². The van der Waals surface area contributed by atoms with E-state index in [1.54, 1.807) is 12.5 Å². The van der Waals surface area contributed by atoms with E-state index in [1.165, 1.54) is 5.56 Å². The average Bonchev–Trinajstić information content (AvgIpc) is 2.80. The predicted molar refractivity (Wildman–Crippen MR) is 66.4 cm³/mol. The average molecular weight is 263 g/mol. The molecule has 0 N–H and O–H groups in total. The molecule has 0 spiro atoms. The summed E-state index contributed by atoms with van der Waals surface area (Å²) in [7, 11) is 0. The summed E-state index contributed by atoms with van der Waals surface area (Å²) in [4.78, 5) is 4.01. The summed E-state index contributed by atoms with van der Waals surface area (Å²) in [6.45, 7) is 0. The summed E-state index contributed by atoms with van der Waals surface area (Å²) in [5.74, 6) is 0. The molecule has 0 aliphatic rings. The van der Waals surface area contributed by atoms with Gasteiger partial charge in [-0.05, 0) is 17.7 Å². The van der Waals surface area contributed by atoms with Crippen LogP contribution in [0.15, 0.2) is 49.1 Å². The smallest absolute Gasteiger partial charge is 0.0991 e. The van der Waals surface area contributed by atoms with Gasteiger partial charge >= 0.3 is 0 Å². The van der Waals surface area contributed by atoms with Crippen molar-refractivity contribution in [3.63, 3.8) is 0 Å². The zero-order valence-corrected chi connectivity index (χ0v) is 9.76. The lowest BCUT2D eigenvalue weighted by Crippen LogP contribution is -1.88. The Morgan fingerprint density at radius 3 is 2.67 bits per heavy atom. The highest BCUT2D eigenvalue weighted by Gasteiger charge is 1.93. The van der Waals surface area contributed by atoms with E-state index in [0.717, 1.165) is 11.0 Å². The van der Waals surface area contributed by atoms with E-state index < -0.39 is 0 Å². The van der Waals surface area contributed by atoms with Gasteiger partial charge in [-0.2, -0.15) is 0 Å². The fourth-order valence-corrected chi connectivity index (χ4v) is 1.54. The van der Waals surface area contributed by atoms with Gasteiger partial charge in [-0.15, -0.1) is 0 Å². The van der Waals surface area contributed by atoms with Crippen LogP contribution >= 0.6 is 15.9 Å². The fourth-order valence-electron chi connectivity index (χ4n) is 1.35. The van der Waals surface area contributed by atoms with Gasteiger partial charge in [0.2, 0.25) is 0 Å². The Labute approximate surface area is 97.4 Å². The van der Waals surface area contributed by atoms with E-state index in [4.69, 9.17) is 0 Å². The van der Waals surface area contributed by atoms with Gasteiger partial charge in [-0.3, -0.25) is 0 Å². The largest absolute Gasteiger partial charge is 0.306 e. The molecule has 2 nitrogen and oxygen atoms in total. The zero-order valence-electron chi connectivity index (χ0n) is 8.18. The van der Waals surface area contributed by atoms with Crippen LogP contribution in [0, 0.1) is 0 Å². The highest BCUT2D eigenvalue weighted by molar-refractivity contribution is 9.09. The summed E-state index contributed by atoms with van der Waals surface area (Å²) < 4.78 is 1.98. The van der Waals surface area contributed by atoms with Crippen molar-refractivity contribution in [3.8, 4) is 5.69 Å². The van der Waals surface area contributed by atoms with E-state index in [9.17, 15) is 0 Å². The topological polar surface area (TPSA) is 17.8 Å². The van der Waals surface area contributed by atoms with Crippen LogP contribution in [0.25, 0.3) is 11.8 Å². The number of rotatable bonds is 3. The molecule has 0 saturated carbocycles. The van der Waals surface area contributed by atoms with Gasteiger partial charge in [0.05, 0.1) is 6.33 Å². The van der Waals surface area contributed by atoms with Crippen molar-refractivity contribution in [2.24, 2.45) is 0 Å². The highest BCUT2D eigenvalue weighted by atomic mass is 79.9. The number of halogens is 1. The maximum absolute atomic E-state index is 4.01. The van der Waals surface area contributed by atoms with Crippen molar-refractivity contribution in [2.75, 3.05) is 5.33 Å². The third-order valence-corrected chi connectivity index (χ3v) is 2.47. The number of hydrogen-bond donors (Lipinski definition) is 0. The molecule has 1 aromatic carbocycles. The minimum atomic E-state index is 0.885. The number of imidazole rings is 1. The highest BCUT2D eigenvalue weighted by Crippen LogP contribution is 2.10. The van der Waals surface area contributed by atoms with Crippen molar-refractivity contribution in [2.45, 2.75) is 0 Å². The number of alkyl halides is 1. The van der Waals surface area contributed by atoms with Crippen LogP contribution in [0.1, 0.15) is 5.56 Å². The SMILES string of the molecule is BrCC=Cc1ccc(-n2ccnc2)cc1. The summed E-state index contributed by atoms with van der Waals surface area (Å²) in [6.07, 6.45) is 9.67. The molecule has 0 radical (unpaired) electrons. The molecular weight excluding hydrogens is 252 g/mol. The lowest BCUT2D eigenvalue weighted by Gasteiger charge is -2.01. The molecule has 0 bridgehead atoms. The standard InChI is InChI=1S/C12H11BrN2/c13-7-1-2-11-3-5-12(6-4-11)15-9-8-14-10-15/h1-6,8-10H,7H2. The molecule has 3 heteroatoms. The Morgan fingerprint density at radius 1 is 1.27 bits per heavy atom. The molecule has 0 aliphatic heterocycles. The molecule has 0 aliphatic carbocycles. The van der Waals surface area contributed by atoms with Crippen molar-refractivity contribution in [3.05, 3.63) is 54.6 Å². The summed E-state index contributed by atoms with van der Waals surface area (Å²) in [5.41, 5.74) is 2.34. The van der Waals surface area contributed by atoms with Crippen LogP contribution in [-0.4, -0.2) is 14.9 Å². The van der Waals surface area contributed by atoms with E-state index >= 15 is 0 Å². The van der Waals surface area contributed by atoms with E-state index in [1.807, 2.05) is 10.8 Å². The minimum Gasteiger partial charge on any atom is -0.306 e. The Hall–Kier alpha value is -1.35. The summed E-state index contributed by atoms with van der Waals surface area (Å²) >= 11 is 3.35. The van der Waals surface area contributed by atoms with Crippen molar-refractivity contribution in [1.29, 1.82) is 0 Å². The van der Waals surface area contributed by atoms with Crippen LogP contribution in [-0.2, 0) is 0 Å². The molecule has 0 saturated heterocycles. The van der Waals surface area contributed by atoms with Gasteiger partial charge in [0.15, 0.2) is 0 Å². The zero-order chi connectivity index (χ0) is 10.5. The molecule has 2 aromatic rings. The van der Waals surface area contributed by atoms with Crippen molar-refractivity contribution >= 4 is 22.0 Å². The van der Waals surface area contributed by atoms with E-state index in [2.05, 4.69) is 57.3 Å². The lowest BCUT2D eigenvalue weighted by molar-refractivity contribution is 1.06. The number of aromatic nitrogens is 2. The van der Waals surface area contributed by atoms with Crippen LogP contribution in [0.3, 0.4) is 0 Å². The summed E-state index contributed by atoms with van der Waals surface area (Å²) in [5, 5.41) is 0.885. The first-order chi connectivity index (χ1) is 7.40. The maximum atomic E-state index is 4.01. The molecular formula is C12H11BrN2. The number of allylic oxidation sites excluding steroid dienone is 1. The maximum Gasteiger partial charge on any atom is 0.0991 e. The van der Waals surface area contributed by atoms with Gasteiger partial charge in [0.25, 0.3) is 0 Å². The van der Waals surface area contributed by atoms with Gasteiger partial charge in [0, 0.05) is 23.4 Å². The third kappa shape index (κ3) is 2.57. The molecule has 2 rings (SSSR count). The second kappa shape index (κ2) is 4.94. The number of nitrogens with zero attached hydrogens (tertiary/aromatic N) is 2. The number of hydrogen-bond acceptors (Lipinski definition) is 1. The van der Waals surface area contributed by atoms with Crippen molar-refractivity contribution in [1.82, 2.24) is 9.55 Å². The lowest BCUT2D eigenvalue weighted by atomic mass is 10.2. The fraction of sp³-hybridized carbons (Fsp3) is 0.0833. The normalized spacial score (nSPS) is 11.0.